The van der Waals surface area contributed by atoms with Crippen molar-refractivity contribution in [1.29, 1.82) is 0 Å². The Balaban J connectivity index is 2.02. The number of ketones is 1. The number of Topliss-reactive ketones (excluding diaryl/α,β-unsaturated/α-hetero) is 1. The highest BCUT2D eigenvalue weighted by atomic mass is 16.3. The fourth-order valence-electron chi connectivity index (χ4n) is 2.56. The second kappa shape index (κ2) is 5.11. The predicted molar refractivity (Wildman–Crippen MR) is 83.5 cm³/mol. The Bertz CT molecular complexity index is 795. The molecule has 2 aromatic carbocycles. The van der Waals surface area contributed by atoms with Gasteiger partial charge in [-0.2, -0.15) is 0 Å². The van der Waals surface area contributed by atoms with Crippen LogP contribution in [0.4, 0.5) is 5.69 Å². The van der Waals surface area contributed by atoms with E-state index >= 15 is 0 Å². The van der Waals surface area contributed by atoms with E-state index in [2.05, 4.69) is 0 Å². The molecule has 112 valence electrons. The molecule has 1 aliphatic rings. The Hall–Kier alpha value is -2.95. The molecule has 0 unspecified atom stereocenters. The lowest BCUT2D eigenvalue weighted by molar-refractivity contribution is 0.103. The van der Waals surface area contributed by atoms with Gasteiger partial charge in [-0.3, -0.25) is 4.79 Å². The number of benzene rings is 2. The summed E-state index contributed by atoms with van der Waals surface area (Å²) in [5.74, 6) is -0.415. The third kappa shape index (κ3) is 2.37. The maximum absolute atomic E-state index is 12.5. The summed E-state index contributed by atoms with van der Waals surface area (Å²) in [6.45, 7) is 0.400. The zero-order valence-electron chi connectivity index (χ0n) is 11.9. The van der Waals surface area contributed by atoms with E-state index in [0.717, 1.165) is 0 Å². The zero-order valence-corrected chi connectivity index (χ0v) is 11.9. The van der Waals surface area contributed by atoms with E-state index in [1.165, 1.54) is 18.2 Å². The van der Waals surface area contributed by atoms with E-state index in [9.17, 15) is 20.1 Å². The van der Waals surface area contributed by atoms with Crippen LogP contribution in [-0.4, -0.2) is 34.7 Å². The number of rotatable bonds is 1. The molecule has 0 fully saturated rings. The second-order valence-corrected chi connectivity index (χ2v) is 5.30. The SMILES string of the molecule is CN1C/C(=C\c2ccc(O)c(O)c2)C(=O)c2ccc(O)cc21. The van der Waals surface area contributed by atoms with Crippen LogP contribution in [0, 0.1) is 0 Å². The third-order valence-corrected chi connectivity index (χ3v) is 3.68. The van der Waals surface area contributed by atoms with Crippen molar-refractivity contribution in [3.8, 4) is 17.2 Å². The van der Waals surface area contributed by atoms with Gasteiger partial charge in [0, 0.05) is 30.8 Å². The van der Waals surface area contributed by atoms with Gasteiger partial charge < -0.3 is 20.2 Å². The normalized spacial score (nSPS) is 16.0. The largest absolute Gasteiger partial charge is 0.508 e. The molecule has 0 saturated heterocycles. The van der Waals surface area contributed by atoms with Crippen molar-refractivity contribution in [3.05, 3.63) is 53.1 Å². The average molecular weight is 297 g/mol. The Morgan fingerprint density at radius 3 is 2.55 bits per heavy atom. The summed E-state index contributed by atoms with van der Waals surface area (Å²) in [7, 11) is 1.84. The maximum Gasteiger partial charge on any atom is 0.192 e. The van der Waals surface area contributed by atoms with Crippen LogP contribution in [0.3, 0.4) is 0 Å². The van der Waals surface area contributed by atoms with Crippen molar-refractivity contribution in [2.75, 3.05) is 18.5 Å². The lowest BCUT2D eigenvalue weighted by Gasteiger charge is -2.28. The number of fused-ring (bicyclic) bond motifs is 1. The van der Waals surface area contributed by atoms with Crippen molar-refractivity contribution in [3.63, 3.8) is 0 Å². The molecule has 3 N–H and O–H groups in total. The molecule has 0 saturated carbocycles. The monoisotopic (exact) mass is 297 g/mol. The topological polar surface area (TPSA) is 81.0 Å². The minimum absolute atomic E-state index is 0.110. The fourth-order valence-corrected chi connectivity index (χ4v) is 2.56. The zero-order chi connectivity index (χ0) is 15.9. The molecule has 1 aliphatic heterocycles. The predicted octanol–water partition coefficient (Wildman–Crippen LogP) is 2.52. The first kappa shape index (κ1) is 14.0. The molecule has 5 nitrogen and oxygen atoms in total. The molecule has 0 bridgehead atoms. The molecule has 0 radical (unpaired) electrons. The number of likely N-dealkylation sites (N-methyl/N-ethyl adjacent to an activating group) is 1. The van der Waals surface area contributed by atoms with Crippen LogP contribution in [0.15, 0.2) is 42.0 Å². The minimum Gasteiger partial charge on any atom is -0.508 e. The third-order valence-electron chi connectivity index (χ3n) is 3.68. The van der Waals surface area contributed by atoms with Gasteiger partial charge in [-0.15, -0.1) is 0 Å². The molecule has 22 heavy (non-hydrogen) atoms. The highest BCUT2D eigenvalue weighted by Gasteiger charge is 2.25. The van der Waals surface area contributed by atoms with E-state index in [0.29, 0.717) is 28.9 Å². The summed E-state index contributed by atoms with van der Waals surface area (Å²) in [6.07, 6.45) is 1.69. The smallest absolute Gasteiger partial charge is 0.192 e. The first-order chi connectivity index (χ1) is 10.5. The van der Waals surface area contributed by atoms with Crippen molar-refractivity contribution in [2.24, 2.45) is 0 Å². The van der Waals surface area contributed by atoms with Gasteiger partial charge in [0.15, 0.2) is 17.3 Å². The standard InChI is InChI=1S/C17H15NO4/c1-18-9-11(6-10-2-5-15(20)16(21)7-10)17(22)13-4-3-12(19)8-14(13)18/h2-8,19-21H,9H2,1H3/b11-6+. The highest BCUT2D eigenvalue weighted by Crippen LogP contribution is 2.33. The summed E-state index contributed by atoms with van der Waals surface area (Å²) < 4.78 is 0. The van der Waals surface area contributed by atoms with Crippen LogP contribution in [0.2, 0.25) is 0 Å². The molecular formula is C17H15NO4. The number of phenols is 3. The molecule has 0 atom stereocenters. The molecule has 5 heteroatoms. The molecule has 0 aromatic heterocycles. The summed E-state index contributed by atoms with van der Waals surface area (Å²) >= 11 is 0. The van der Waals surface area contributed by atoms with Gasteiger partial charge >= 0.3 is 0 Å². The first-order valence-electron chi connectivity index (χ1n) is 6.77. The van der Waals surface area contributed by atoms with Gasteiger partial charge in [0.1, 0.15) is 5.75 Å². The number of carbonyl (C=O) groups excluding carboxylic acids is 1. The lowest BCUT2D eigenvalue weighted by atomic mass is 9.94. The van der Waals surface area contributed by atoms with Crippen LogP contribution >= 0.6 is 0 Å². The van der Waals surface area contributed by atoms with Gasteiger partial charge in [0.25, 0.3) is 0 Å². The number of nitrogens with zero attached hydrogens (tertiary/aromatic N) is 1. The number of hydrogen-bond acceptors (Lipinski definition) is 5. The van der Waals surface area contributed by atoms with Gasteiger partial charge in [-0.1, -0.05) is 6.07 Å². The summed E-state index contributed by atoms with van der Waals surface area (Å²) in [5.41, 5.74) is 2.43. The summed E-state index contributed by atoms with van der Waals surface area (Å²) in [5, 5.41) is 28.4. The second-order valence-electron chi connectivity index (χ2n) is 5.30. The highest BCUT2D eigenvalue weighted by molar-refractivity contribution is 6.16. The van der Waals surface area contributed by atoms with Crippen LogP contribution < -0.4 is 4.90 Å². The van der Waals surface area contributed by atoms with E-state index in [-0.39, 0.29) is 23.0 Å². The summed E-state index contributed by atoms with van der Waals surface area (Å²) in [4.78, 5) is 14.4. The average Bonchev–Trinajstić information content (AvgIpc) is 2.48. The number of carbonyl (C=O) groups is 1. The van der Waals surface area contributed by atoms with Gasteiger partial charge in [0.2, 0.25) is 0 Å². The first-order valence-corrected chi connectivity index (χ1v) is 6.77. The Labute approximate surface area is 127 Å². The Morgan fingerprint density at radius 2 is 1.82 bits per heavy atom. The summed E-state index contributed by atoms with van der Waals surface area (Å²) in [6, 6.07) is 9.06. The molecule has 2 aromatic rings. The molecule has 0 spiro atoms. The van der Waals surface area contributed by atoms with E-state index in [4.69, 9.17) is 0 Å². The van der Waals surface area contributed by atoms with Crippen molar-refractivity contribution >= 4 is 17.5 Å². The number of anilines is 1. The van der Waals surface area contributed by atoms with E-state index < -0.39 is 0 Å². The Kier molecular flexibility index (Phi) is 3.25. The van der Waals surface area contributed by atoms with Crippen LogP contribution in [-0.2, 0) is 0 Å². The molecule has 0 aliphatic carbocycles. The van der Waals surface area contributed by atoms with Crippen LogP contribution in [0.25, 0.3) is 6.08 Å². The van der Waals surface area contributed by atoms with E-state index in [1.807, 2.05) is 11.9 Å². The van der Waals surface area contributed by atoms with Gasteiger partial charge in [-0.25, -0.2) is 0 Å². The number of aromatic hydroxyl groups is 3. The Morgan fingerprint density at radius 1 is 1.05 bits per heavy atom. The number of hydrogen-bond donors (Lipinski definition) is 3. The molecule has 3 rings (SSSR count). The van der Waals surface area contributed by atoms with Gasteiger partial charge in [-0.05, 0) is 35.9 Å². The molecule has 0 amide bonds. The fraction of sp³-hybridized carbons (Fsp3) is 0.118. The van der Waals surface area contributed by atoms with Gasteiger partial charge in [0.05, 0.1) is 5.69 Å². The van der Waals surface area contributed by atoms with Crippen molar-refractivity contribution < 1.29 is 20.1 Å². The van der Waals surface area contributed by atoms with Crippen LogP contribution in [0.1, 0.15) is 15.9 Å². The number of phenolic OH excluding ortho intramolecular Hbond substituents is 3. The van der Waals surface area contributed by atoms with Crippen LogP contribution in [0.5, 0.6) is 17.2 Å². The van der Waals surface area contributed by atoms with E-state index in [1.54, 1.807) is 24.3 Å². The quantitative estimate of drug-likeness (QED) is 0.556. The van der Waals surface area contributed by atoms with Crippen molar-refractivity contribution in [2.45, 2.75) is 0 Å². The molecule has 1 heterocycles. The minimum atomic E-state index is -0.226. The molecular weight excluding hydrogens is 282 g/mol. The maximum atomic E-state index is 12.5. The lowest BCUT2D eigenvalue weighted by Crippen LogP contribution is -2.30. The van der Waals surface area contributed by atoms with Crippen molar-refractivity contribution in [1.82, 2.24) is 0 Å².